The van der Waals surface area contributed by atoms with E-state index in [-0.39, 0.29) is 46.8 Å². The van der Waals surface area contributed by atoms with Crippen LogP contribution in [0.25, 0.3) is 21.3 Å². The number of hydrogen-bond acceptors (Lipinski definition) is 8. The van der Waals surface area contributed by atoms with Gasteiger partial charge in [-0.15, -0.1) is 11.3 Å². The zero-order valence-corrected chi connectivity index (χ0v) is 27.6. The van der Waals surface area contributed by atoms with E-state index < -0.39 is 17.7 Å². The zero-order chi connectivity index (χ0) is 35.3. The largest absolute Gasteiger partial charge is 0.506 e. The molecule has 10 nitrogen and oxygen atoms in total. The van der Waals surface area contributed by atoms with E-state index in [0.29, 0.717) is 24.0 Å². The number of carboxylic acid groups (broad SMARTS) is 1. The molecule has 0 aliphatic rings. The summed E-state index contributed by atoms with van der Waals surface area (Å²) in [7, 11) is 0. The van der Waals surface area contributed by atoms with Gasteiger partial charge < -0.3 is 36.0 Å². The summed E-state index contributed by atoms with van der Waals surface area (Å²) in [6.07, 6.45) is -0.663. The number of thiophene rings is 1. The van der Waals surface area contributed by atoms with Crippen LogP contribution in [0.4, 0.5) is 0 Å². The highest BCUT2D eigenvalue weighted by Gasteiger charge is 2.40. The molecule has 0 bridgehead atoms. The average Bonchev–Trinajstić information content (AvgIpc) is 3.61. The first-order valence-electron chi connectivity index (χ1n) is 15.9. The van der Waals surface area contributed by atoms with Gasteiger partial charge in [-0.05, 0) is 58.1 Å². The van der Waals surface area contributed by atoms with Crippen LogP contribution in [0.3, 0.4) is 0 Å². The number of hydrogen-bond donors (Lipinski definition) is 7. The number of rotatable bonds is 13. The highest BCUT2D eigenvalue weighted by atomic mass is 32.1. The monoisotopic (exact) mass is 689 g/mol. The van der Waals surface area contributed by atoms with E-state index in [2.05, 4.69) is 15.6 Å². The topological polar surface area (TPSA) is 172 Å². The second-order valence-electron chi connectivity index (χ2n) is 11.9. The van der Waals surface area contributed by atoms with E-state index in [4.69, 9.17) is 0 Å². The molecule has 0 aliphatic carbocycles. The molecule has 0 saturated heterocycles. The third kappa shape index (κ3) is 7.51. The van der Waals surface area contributed by atoms with Gasteiger partial charge in [0.05, 0.1) is 24.6 Å². The first-order valence-corrected chi connectivity index (χ1v) is 16.7. The number of aromatic nitrogens is 1. The average molecular weight is 690 g/mol. The van der Waals surface area contributed by atoms with Crippen molar-refractivity contribution in [1.29, 1.82) is 0 Å². The third-order valence-corrected chi connectivity index (χ3v) is 9.64. The van der Waals surface area contributed by atoms with Crippen molar-refractivity contribution in [2.24, 2.45) is 0 Å². The number of benzene rings is 4. The summed E-state index contributed by atoms with van der Waals surface area (Å²) < 4.78 is 0. The van der Waals surface area contributed by atoms with Crippen molar-refractivity contribution in [1.82, 2.24) is 15.6 Å². The minimum Gasteiger partial charge on any atom is -0.506 e. The fourth-order valence-electron chi connectivity index (χ4n) is 5.84. The van der Waals surface area contributed by atoms with Gasteiger partial charge in [0.1, 0.15) is 5.75 Å². The van der Waals surface area contributed by atoms with E-state index in [9.17, 15) is 34.8 Å². The van der Waals surface area contributed by atoms with Gasteiger partial charge in [-0.3, -0.25) is 9.59 Å². The lowest BCUT2D eigenvalue weighted by atomic mass is 9.85. The zero-order valence-electron chi connectivity index (χ0n) is 26.8. The smallest absolute Gasteiger partial charge is 0.345 e. The van der Waals surface area contributed by atoms with Crippen LogP contribution in [0.2, 0.25) is 0 Å². The number of aliphatic hydroxyl groups is 2. The molecule has 7 N–H and O–H groups in total. The fourth-order valence-corrected chi connectivity index (χ4v) is 6.78. The van der Waals surface area contributed by atoms with Gasteiger partial charge in [-0.2, -0.15) is 0 Å². The van der Waals surface area contributed by atoms with Crippen LogP contribution in [-0.4, -0.2) is 43.8 Å². The Morgan fingerprint density at radius 1 is 0.820 bits per heavy atom. The Hall–Kier alpha value is -5.59. The number of nitrogens with one attached hydrogen (secondary N) is 3. The van der Waals surface area contributed by atoms with Crippen LogP contribution in [0, 0.1) is 0 Å². The number of pyridine rings is 1. The highest BCUT2D eigenvalue weighted by Crippen LogP contribution is 2.35. The maximum atomic E-state index is 12.8. The molecule has 0 unspecified atom stereocenters. The van der Waals surface area contributed by atoms with Crippen LogP contribution in [-0.2, 0) is 34.7 Å². The van der Waals surface area contributed by atoms with Crippen molar-refractivity contribution in [3.63, 3.8) is 0 Å². The minimum atomic E-state index is -2.20. The SMILES string of the molecule is O=C(Cc1ccc(CNC[C@H](O)c2ccc(O)c3[nH]c(=O)ccc23)cc1)NCc1ccc(-c2cccc([C@](O)(C(=O)O)c3ccccc3)c2)s1. The molecule has 0 spiro atoms. The number of carbonyl (C=O) groups excluding carboxylic acids is 1. The lowest BCUT2D eigenvalue weighted by molar-refractivity contribution is -0.155. The number of aromatic hydroxyl groups is 1. The standard InChI is InChI=1S/C39H35N3O7S/c43-32-16-14-30(31-15-18-35(45)42-37(31)32)33(44)23-40-21-25-11-9-24(10-12-25)19-36(46)41-22-29-13-17-34(50-29)26-5-4-8-28(20-26)39(49,38(47)48)27-6-2-1-3-7-27/h1-18,20,33,40,43-44,49H,19,21-23H2,(H,41,46)(H,42,45)(H,47,48)/t33-,39-/m0/s1. The van der Waals surface area contributed by atoms with Crippen LogP contribution in [0.5, 0.6) is 5.75 Å². The Labute approximate surface area is 291 Å². The Bertz CT molecular complexity index is 2200. The third-order valence-electron chi connectivity index (χ3n) is 8.51. The molecular formula is C39H35N3O7S. The second kappa shape index (κ2) is 14.9. The quantitative estimate of drug-likeness (QED) is 0.0892. The number of aliphatic hydroxyl groups excluding tert-OH is 1. The molecule has 6 rings (SSSR count). The maximum Gasteiger partial charge on any atom is 0.345 e. The lowest BCUT2D eigenvalue weighted by Gasteiger charge is -2.25. The summed E-state index contributed by atoms with van der Waals surface area (Å²) >= 11 is 1.48. The van der Waals surface area contributed by atoms with Crippen molar-refractivity contribution < 1.29 is 30.0 Å². The number of phenols is 1. The fraction of sp³-hybridized carbons (Fsp3) is 0.154. The number of phenolic OH excluding ortho intramolecular Hbond substituents is 1. The van der Waals surface area contributed by atoms with Gasteiger partial charge in [0, 0.05) is 39.9 Å². The molecule has 6 aromatic rings. The molecule has 254 valence electrons. The second-order valence-corrected chi connectivity index (χ2v) is 13.1. The molecule has 11 heteroatoms. The van der Waals surface area contributed by atoms with Gasteiger partial charge in [0.25, 0.3) is 0 Å². The number of fused-ring (bicyclic) bond motifs is 1. The van der Waals surface area contributed by atoms with Crippen molar-refractivity contribution in [2.45, 2.75) is 31.2 Å². The van der Waals surface area contributed by atoms with Crippen molar-refractivity contribution >= 4 is 34.1 Å². The summed E-state index contributed by atoms with van der Waals surface area (Å²) in [5.41, 5.74) is 1.44. The molecule has 4 aromatic carbocycles. The summed E-state index contributed by atoms with van der Waals surface area (Å²) in [5.74, 6) is -1.56. The van der Waals surface area contributed by atoms with Gasteiger partial charge in [-0.1, -0.05) is 78.9 Å². The molecule has 0 aliphatic heterocycles. The number of aliphatic carboxylic acids is 1. The van der Waals surface area contributed by atoms with Gasteiger partial charge in [-0.25, -0.2) is 4.79 Å². The maximum absolute atomic E-state index is 12.8. The first-order chi connectivity index (χ1) is 24.1. The molecule has 1 amide bonds. The normalized spacial score (nSPS) is 13.1. The van der Waals surface area contributed by atoms with E-state index in [1.807, 2.05) is 42.5 Å². The summed E-state index contributed by atoms with van der Waals surface area (Å²) in [6.45, 7) is 1.07. The number of amides is 1. The highest BCUT2D eigenvalue weighted by molar-refractivity contribution is 7.15. The number of carbonyl (C=O) groups is 2. The molecule has 2 aromatic heterocycles. The Morgan fingerprint density at radius 3 is 2.32 bits per heavy atom. The van der Waals surface area contributed by atoms with E-state index in [1.165, 1.54) is 23.5 Å². The van der Waals surface area contributed by atoms with Crippen LogP contribution >= 0.6 is 11.3 Å². The molecule has 0 radical (unpaired) electrons. The summed E-state index contributed by atoms with van der Waals surface area (Å²) in [6, 6.07) is 32.6. The number of carboxylic acids is 1. The molecule has 50 heavy (non-hydrogen) atoms. The number of aromatic amines is 1. The van der Waals surface area contributed by atoms with Gasteiger partial charge in [0.15, 0.2) is 0 Å². The van der Waals surface area contributed by atoms with E-state index in [0.717, 1.165) is 26.4 Å². The van der Waals surface area contributed by atoms with Crippen molar-refractivity contribution in [3.8, 4) is 16.2 Å². The molecular weight excluding hydrogens is 655 g/mol. The predicted octanol–water partition coefficient (Wildman–Crippen LogP) is 4.96. The Balaban J connectivity index is 1.00. The molecule has 2 atom stereocenters. The van der Waals surface area contributed by atoms with Crippen LogP contribution in [0.1, 0.15) is 38.8 Å². The Morgan fingerprint density at radius 2 is 1.56 bits per heavy atom. The minimum absolute atomic E-state index is 0.0619. The van der Waals surface area contributed by atoms with Gasteiger partial charge in [0.2, 0.25) is 17.1 Å². The first kappa shape index (κ1) is 34.3. The Kier molecular flexibility index (Phi) is 10.2. The summed E-state index contributed by atoms with van der Waals surface area (Å²) in [5, 5.41) is 48.8. The van der Waals surface area contributed by atoms with E-state index >= 15 is 0 Å². The van der Waals surface area contributed by atoms with Gasteiger partial charge >= 0.3 is 5.97 Å². The van der Waals surface area contributed by atoms with Crippen molar-refractivity contribution in [3.05, 3.63) is 158 Å². The molecule has 0 fully saturated rings. The van der Waals surface area contributed by atoms with E-state index in [1.54, 1.807) is 60.7 Å². The predicted molar refractivity (Wildman–Crippen MR) is 192 cm³/mol. The number of H-pyrrole nitrogens is 1. The van der Waals surface area contributed by atoms with Crippen molar-refractivity contribution in [2.75, 3.05) is 6.54 Å². The molecule has 0 saturated carbocycles. The lowest BCUT2D eigenvalue weighted by Crippen LogP contribution is -2.36. The molecule has 2 heterocycles. The van der Waals surface area contributed by atoms with Crippen LogP contribution < -0.4 is 16.2 Å². The summed E-state index contributed by atoms with van der Waals surface area (Å²) in [4.78, 5) is 41.0. The van der Waals surface area contributed by atoms with Crippen LogP contribution in [0.15, 0.2) is 120 Å².